The maximum Gasteiger partial charge on any atom is 0.158 e. The molecule has 0 aliphatic rings. The maximum absolute atomic E-state index is 5.21. The first-order chi connectivity index (χ1) is 7.22. The summed E-state index contributed by atoms with van der Waals surface area (Å²) in [4.78, 5) is 11.8. The van der Waals surface area contributed by atoms with Crippen molar-refractivity contribution in [1.82, 2.24) is 15.0 Å². The Kier molecular flexibility index (Phi) is 2.93. The molecule has 0 saturated carbocycles. The number of aryl methyl sites for hydroxylation is 1. The average Bonchev–Trinajstić information content (AvgIpc) is 2.75. The molecule has 2 rings (SSSR count). The zero-order chi connectivity index (χ0) is 10.8. The van der Waals surface area contributed by atoms with Gasteiger partial charge in [0.1, 0.15) is 10.3 Å². The summed E-state index contributed by atoms with van der Waals surface area (Å²) in [7, 11) is 0. The molecule has 15 heavy (non-hydrogen) atoms. The van der Waals surface area contributed by atoms with E-state index in [4.69, 9.17) is 12.2 Å². The monoisotopic (exact) mass is 237 g/mol. The van der Waals surface area contributed by atoms with Crippen molar-refractivity contribution in [2.24, 2.45) is 0 Å². The molecule has 2 aromatic heterocycles. The Balaban J connectivity index is 2.61. The van der Waals surface area contributed by atoms with Crippen LogP contribution in [0.4, 0.5) is 0 Å². The first kappa shape index (κ1) is 10.4. The molecule has 0 unspecified atom stereocenters. The Labute approximate surface area is 97.2 Å². The van der Waals surface area contributed by atoms with Crippen molar-refractivity contribution < 1.29 is 0 Å². The molecule has 0 aliphatic carbocycles. The smallest absolute Gasteiger partial charge is 0.158 e. The van der Waals surface area contributed by atoms with Crippen LogP contribution in [0.25, 0.3) is 11.5 Å². The van der Waals surface area contributed by atoms with E-state index < -0.39 is 0 Å². The van der Waals surface area contributed by atoms with Crippen LogP contribution in [-0.4, -0.2) is 15.0 Å². The molecule has 2 heterocycles. The van der Waals surface area contributed by atoms with E-state index in [-0.39, 0.29) is 0 Å². The third kappa shape index (κ3) is 1.98. The molecule has 3 nitrogen and oxygen atoms in total. The van der Waals surface area contributed by atoms with E-state index in [9.17, 15) is 0 Å². The van der Waals surface area contributed by atoms with Crippen molar-refractivity contribution in [2.45, 2.75) is 20.3 Å². The molecule has 0 radical (unpaired) electrons. The molecule has 0 bridgehead atoms. The summed E-state index contributed by atoms with van der Waals surface area (Å²) in [6, 6.07) is 0. The predicted molar refractivity (Wildman–Crippen MR) is 64.6 cm³/mol. The van der Waals surface area contributed by atoms with Gasteiger partial charge in [-0.2, -0.15) is 0 Å². The lowest BCUT2D eigenvalue weighted by molar-refractivity contribution is 0.965. The molecule has 0 saturated heterocycles. The van der Waals surface area contributed by atoms with Crippen LogP contribution in [0.1, 0.15) is 18.2 Å². The van der Waals surface area contributed by atoms with Gasteiger partial charge in [0.05, 0.1) is 5.51 Å². The third-order valence-corrected chi connectivity index (χ3v) is 3.27. The highest BCUT2D eigenvalue weighted by Crippen LogP contribution is 2.17. The molecule has 5 heteroatoms. The van der Waals surface area contributed by atoms with Gasteiger partial charge in [-0.3, -0.25) is 0 Å². The second kappa shape index (κ2) is 4.20. The summed E-state index contributed by atoms with van der Waals surface area (Å²) < 4.78 is 0.661. The minimum atomic E-state index is 0.661. The van der Waals surface area contributed by atoms with Crippen LogP contribution in [0.2, 0.25) is 0 Å². The summed E-state index contributed by atoms with van der Waals surface area (Å²) in [5.41, 5.74) is 4.85. The van der Waals surface area contributed by atoms with Crippen LogP contribution >= 0.6 is 23.6 Å². The number of hydrogen-bond acceptors (Lipinski definition) is 4. The van der Waals surface area contributed by atoms with E-state index in [0.29, 0.717) is 4.64 Å². The van der Waals surface area contributed by atoms with Crippen molar-refractivity contribution in [3.63, 3.8) is 0 Å². The number of hydrogen-bond donors (Lipinski definition) is 1. The van der Waals surface area contributed by atoms with Gasteiger partial charge in [0.25, 0.3) is 0 Å². The fourth-order valence-corrected chi connectivity index (χ4v) is 2.13. The lowest BCUT2D eigenvalue weighted by Gasteiger charge is -2.05. The highest BCUT2D eigenvalue weighted by atomic mass is 32.1. The van der Waals surface area contributed by atoms with Crippen LogP contribution in [0, 0.1) is 11.6 Å². The molecule has 1 N–H and O–H groups in total. The van der Waals surface area contributed by atoms with E-state index in [1.54, 1.807) is 16.8 Å². The summed E-state index contributed by atoms with van der Waals surface area (Å²) in [6.45, 7) is 4.09. The Bertz CT molecular complexity index is 514. The van der Waals surface area contributed by atoms with Gasteiger partial charge in [-0.05, 0) is 13.3 Å². The molecular formula is C10H11N3S2. The number of aromatic amines is 1. The molecule has 0 amide bonds. The fraction of sp³-hybridized carbons (Fsp3) is 0.300. The maximum atomic E-state index is 5.21. The van der Waals surface area contributed by atoms with Gasteiger partial charge in [-0.1, -0.05) is 19.1 Å². The van der Waals surface area contributed by atoms with Crippen molar-refractivity contribution >= 4 is 23.6 Å². The van der Waals surface area contributed by atoms with E-state index in [1.165, 1.54) is 0 Å². The first-order valence-corrected chi connectivity index (χ1v) is 6.05. The Hall–Kier alpha value is -1.07. The van der Waals surface area contributed by atoms with Gasteiger partial charge in [0.2, 0.25) is 0 Å². The van der Waals surface area contributed by atoms with Gasteiger partial charge in [0, 0.05) is 16.6 Å². The van der Waals surface area contributed by atoms with E-state index in [2.05, 4.69) is 21.9 Å². The normalized spacial score (nSPS) is 10.5. The molecule has 0 aromatic carbocycles. The zero-order valence-corrected chi connectivity index (χ0v) is 10.2. The number of nitrogens with one attached hydrogen (secondary N) is 1. The highest BCUT2D eigenvalue weighted by Gasteiger charge is 2.06. The van der Waals surface area contributed by atoms with E-state index >= 15 is 0 Å². The van der Waals surface area contributed by atoms with Crippen LogP contribution in [0.15, 0.2) is 10.9 Å². The zero-order valence-electron chi connectivity index (χ0n) is 8.57. The topological polar surface area (TPSA) is 41.6 Å². The van der Waals surface area contributed by atoms with Gasteiger partial charge >= 0.3 is 0 Å². The SMILES string of the molecule is CCc1[nH]c(-c2cscn2)nc(=S)c1C. The molecule has 0 fully saturated rings. The number of nitrogens with zero attached hydrogens (tertiary/aromatic N) is 2. The largest absolute Gasteiger partial charge is 0.342 e. The van der Waals surface area contributed by atoms with Crippen molar-refractivity contribution in [1.29, 1.82) is 0 Å². The van der Waals surface area contributed by atoms with Gasteiger partial charge in [0.15, 0.2) is 5.82 Å². The average molecular weight is 237 g/mol. The highest BCUT2D eigenvalue weighted by molar-refractivity contribution is 7.71. The van der Waals surface area contributed by atoms with Crippen LogP contribution in [0.3, 0.4) is 0 Å². The van der Waals surface area contributed by atoms with Crippen LogP contribution < -0.4 is 0 Å². The quantitative estimate of drug-likeness (QED) is 0.816. The summed E-state index contributed by atoms with van der Waals surface area (Å²) in [6.07, 6.45) is 0.926. The van der Waals surface area contributed by atoms with Gasteiger partial charge in [-0.25, -0.2) is 9.97 Å². The number of aromatic nitrogens is 3. The standard InChI is InChI=1S/C10H11N3S2/c1-3-7-6(2)10(14)13-9(12-7)8-4-15-5-11-8/h4-5H,3H2,1-2H3,(H,12,13,14). The second-order valence-corrected chi connectivity index (χ2v) is 4.33. The van der Waals surface area contributed by atoms with E-state index in [0.717, 1.165) is 29.2 Å². The Morgan fingerprint density at radius 3 is 2.93 bits per heavy atom. The van der Waals surface area contributed by atoms with Crippen molar-refractivity contribution in [3.8, 4) is 11.5 Å². The summed E-state index contributed by atoms with van der Waals surface area (Å²) in [5, 5.41) is 1.96. The Morgan fingerprint density at radius 1 is 1.53 bits per heavy atom. The lowest BCUT2D eigenvalue weighted by Crippen LogP contribution is -1.99. The lowest BCUT2D eigenvalue weighted by atomic mass is 10.2. The molecule has 0 atom stereocenters. The number of rotatable bonds is 2. The number of H-pyrrole nitrogens is 1. The van der Waals surface area contributed by atoms with Crippen molar-refractivity contribution in [2.75, 3.05) is 0 Å². The Morgan fingerprint density at radius 2 is 2.33 bits per heavy atom. The predicted octanol–water partition coefficient (Wildman–Crippen LogP) is 3.13. The molecule has 2 aromatic rings. The van der Waals surface area contributed by atoms with Crippen molar-refractivity contribution in [3.05, 3.63) is 26.8 Å². The first-order valence-electron chi connectivity index (χ1n) is 4.70. The van der Waals surface area contributed by atoms with Gasteiger partial charge in [-0.15, -0.1) is 11.3 Å². The van der Waals surface area contributed by atoms with E-state index in [1.807, 2.05) is 12.3 Å². The van der Waals surface area contributed by atoms with Gasteiger partial charge < -0.3 is 4.98 Å². The summed E-state index contributed by atoms with van der Waals surface area (Å²) >= 11 is 6.77. The third-order valence-electron chi connectivity index (χ3n) is 2.28. The van der Waals surface area contributed by atoms with Crippen LogP contribution in [-0.2, 0) is 6.42 Å². The molecule has 0 aliphatic heterocycles. The van der Waals surface area contributed by atoms with Crippen LogP contribution in [0.5, 0.6) is 0 Å². The number of thiazole rings is 1. The molecular weight excluding hydrogens is 226 g/mol. The summed E-state index contributed by atoms with van der Waals surface area (Å²) in [5.74, 6) is 0.767. The molecule has 78 valence electrons. The fourth-order valence-electron chi connectivity index (χ4n) is 1.38. The minimum absolute atomic E-state index is 0.661. The second-order valence-electron chi connectivity index (χ2n) is 3.22. The molecule has 0 spiro atoms. The minimum Gasteiger partial charge on any atom is -0.342 e.